The fourth-order valence-corrected chi connectivity index (χ4v) is 3.71. The summed E-state index contributed by atoms with van der Waals surface area (Å²) >= 11 is 0. The molecule has 0 saturated carbocycles. The standard InChI is InChI=1S/C21H22N4O5S/c1-24(2)31(28,29)16-9-11-19(30-3)18(13-16)22-21(27)17-10-12-20(26)25(23-17)14-15-7-5-4-6-8-15/h4-13H,14H2,1-3H3,(H,22,27). The molecule has 0 fully saturated rings. The summed E-state index contributed by atoms with van der Waals surface area (Å²) in [5.74, 6) is -0.330. The Morgan fingerprint density at radius 1 is 1.10 bits per heavy atom. The number of aromatic nitrogens is 2. The molecule has 0 aliphatic carbocycles. The molecule has 10 heteroatoms. The minimum absolute atomic E-state index is 0.00143. The topological polar surface area (TPSA) is 111 Å². The Hall–Kier alpha value is -3.50. The highest BCUT2D eigenvalue weighted by Crippen LogP contribution is 2.28. The van der Waals surface area contributed by atoms with Gasteiger partial charge in [0, 0.05) is 20.2 Å². The number of hydrogen-bond donors (Lipinski definition) is 1. The number of hydrogen-bond acceptors (Lipinski definition) is 6. The van der Waals surface area contributed by atoms with Crippen LogP contribution < -0.4 is 15.6 Å². The van der Waals surface area contributed by atoms with Crippen LogP contribution in [-0.2, 0) is 16.6 Å². The van der Waals surface area contributed by atoms with E-state index in [1.54, 1.807) is 0 Å². The van der Waals surface area contributed by atoms with Gasteiger partial charge in [0.25, 0.3) is 11.5 Å². The van der Waals surface area contributed by atoms with Gasteiger partial charge >= 0.3 is 0 Å². The van der Waals surface area contributed by atoms with E-state index in [2.05, 4.69) is 10.4 Å². The first-order valence-electron chi connectivity index (χ1n) is 9.26. The Kier molecular flexibility index (Phi) is 6.52. The molecule has 1 aromatic heterocycles. The highest BCUT2D eigenvalue weighted by atomic mass is 32.2. The van der Waals surface area contributed by atoms with Gasteiger partial charge in [0.05, 0.1) is 24.2 Å². The van der Waals surface area contributed by atoms with Crippen molar-refractivity contribution >= 4 is 21.6 Å². The second kappa shape index (κ2) is 9.11. The third-order valence-electron chi connectivity index (χ3n) is 4.47. The SMILES string of the molecule is COc1ccc(S(=O)(=O)N(C)C)cc1NC(=O)c1ccc(=O)n(Cc2ccccc2)n1. The first-order valence-corrected chi connectivity index (χ1v) is 10.7. The quantitative estimate of drug-likeness (QED) is 0.597. The predicted octanol–water partition coefficient (Wildman–Crippen LogP) is 1.80. The molecule has 0 aliphatic heterocycles. The molecule has 0 saturated heterocycles. The number of amides is 1. The van der Waals surface area contributed by atoms with Gasteiger partial charge in [-0.05, 0) is 29.8 Å². The van der Waals surface area contributed by atoms with Crippen LogP contribution in [0, 0.1) is 0 Å². The Morgan fingerprint density at radius 3 is 2.45 bits per heavy atom. The maximum Gasteiger partial charge on any atom is 0.276 e. The fraction of sp³-hybridized carbons (Fsp3) is 0.190. The molecule has 3 rings (SSSR count). The Labute approximate surface area is 179 Å². The normalized spacial score (nSPS) is 11.4. The summed E-state index contributed by atoms with van der Waals surface area (Å²) in [4.78, 5) is 24.9. The molecule has 0 bridgehead atoms. The van der Waals surface area contributed by atoms with Crippen LogP contribution in [0.2, 0.25) is 0 Å². The van der Waals surface area contributed by atoms with E-state index in [1.807, 2.05) is 30.3 Å². The smallest absolute Gasteiger partial charge is 0.276 e. The fourth-order valence-electron chi connectivity index (χ4n) is 2.78. The zero-order valence-corrected chi connectivity index (χ0v) is 18.1. The lowest BCUT2D eigenvalue weighted by Gasteiger charge is -2.15. The maximum absolute atomic E-state index is 12.8. The summed E-state index contributed by atoms with van der Waals surface area (Å²) in [6, 6.07) is 16.0. The van der Waals surface area contributed by atoms with Crippen molar-refractivity contribution in [2.75, 3.05) is 26.5 Å². The highest BCUT2D eigenvalue weighted by Gasteiger charge is 2.20. The number of rotatable bonds is 7. The second-order valence-corrected chi connectivity index (χ2v) is 8.96. The van der Waals surface area contributed by atoms with Gasteiger partial charge in [0.1, 0.15) is 11.4 Å². The number of nitrogens with zero attached hydrogens (tertiary/aromatic N) is 3. The number of benzene rings is 2. The lowest BCUT2D eigenvalue weighted by molar-refractivity contribution is 0.101. The van der Waals surface area contributed by atoms with Gasteiger partial charge in [-0.3, -0.25) is 9.59 Å². The van der Waals surface area contributed by atoms with Crippen molar-refractivity contribution in [3.63, 3.8) is 0 Å². The van der Waals surface area contributed by atoms with Crippen LogP contribution >= 0.6 is 0 Å². The molecule has 1 N–H and O–H groups in total. The van der Waals surface area contributed by atoms with Crippen LogP contribution in [0.1, 0.15) is 16.1 Å². The van der Waals surface area contributed by atoms with Gasteiger partial charge in [-0.15, -0.1) is 0 Å². The van der Waals surface area contributed by atoms with E-state index < -0.39 is 15.9 Å². The lowest BCUT2D eigenvalue weighted by atomic mass is 10.2. The van der Waals surface area contributed by atoms with Crippen molar-refractivity contribution < 1.29 is 17.9 Å². The average Bonchev–Trinajstić information content (AvgIpc) is 2.75. The minimum atomic E-state index is -3.71. The number of carbonyl (C=O) groups excluding carboxylic acids is 1. The van der Waals surface area contributed by atoms with E-state index >= 15 is 0 Å². The Balaban J connectivity index is 1.91. The zero-order chi connectivity index (χ0) is 22.6. The Bertz CT molecular complexity index is 1250. The molecular weight excluding hydrogens is 420 g/mol. The van der Waals surface area contributed by atoms with Gasteiger partial charge in [-0.2, -0.15) is 5.10 Å². The Morgan fingerprint density at radius 2 is 1.81 bits per heavy atom. The van der Waals surface area contributed by atoms with E-state index in [1.165, 1.54) is 56.2 Å². The molecular formula is C21H22N4O5S. The van der Waals surface area contributed by atoms with E-state index in [9.17, 15) is 18.0 Å². The summed E-state index contributed by atoms with van der Waals surface area (Å²) in [7, 11) is 0.529. The van der Waals surface area contributed by atoms with Gasteiger partial charge in [0.15, 0.2) is 0 Å². The van der Waals surface area contributed by atoms with E-state index in [0.717, 1.165) is 9.87 Å². The van der Waals surface area contributed by atoms with Gasteiger partial charge < -0.3 is 10.1 Å². The molecule has 31 heavy (non-hydrogen) atoms. The zero-order valence-electron chi connectivity index (χ0n) is 17.3. The molecule has 3 aromatic rings. The summed E-state index contributed by atoms with van der Waals surface area (Å²) in [5.41, 5.74) is 0.673. The highest BCUT2D eigenvalue weighted by molar-refractivity contribution is 7.89. The van der Waals surface area contributed by atoms with Crippen molar-refractivity contribution in [2.45, 2.75) is 11.4 Å². The maximum atomic E-state index is 12.8. The molecule has 0 spiro atoms. The predicted molar refractivity (Wildman–Crippen MR) is 116 cm³/mol. The second-order valence-electron chi connectivity index (χ2n) is 6.80. The monoisotopic (exact) mass is 442 g/mol. The average molecular weight is 442 g/mol. The van der Waals surface area contributed by atoms with Crippen molar-refractivity contribution in [1.29, 1.82) is 0 Å². The van der Waals surface area contributed by atoms with Crippen molar-refractivity contribution in [3.05, 3.63) is 82.3 Å². The van der Waals surface area contributed by atoms with Crippen LogP contribution in [0.3, 0.4) is 0 Å². The first-order chi connectivity index (χ1) is 14.7. The number of ether oxygens (including phenoxy) is 1. The number of carbonyl (C=O) groups is 1. The lowest BCUT2D eigenvalue weighted by Crippen LogP contribution is -2.26. The third-order valence-corrected chi connectivity index (χ3v) is 6.28. The first kappa shape index (κ1) is 22.2. The summed E-state index contributed by atoms with van der Waals surface area (Å²) in [6.45, 7) is 0.209. The van der Waals surface area contributed by atoms with E-state index in [4.69, 9.17) is 4.74 Å². The van der Waals surface area contributed by atoms with Crippen molar-refractivity contribution in [2.24, 2.45) is 0 Å². The van der Waals surface area contributed by atoms with Crippen LogP contribution in [0.5, 0.6) is 5.75 Å². The van der Waals surface area contributed by atoms with Crippen molar-refractivity contribution in [1.82, 2.24) is 14.1 Å². The van der Waals surface area contributed by atoms with Crippen molar-refractivity contribution in [3.8, 4) is 5.75 Å². The summed E-state index contributed by atoms with van der Waals surface area (Å²) in [6.07, 6.45) is 0. The number of anilines is 1. The number of methoxy groups -OCH3 is 1. The molecule has 0 radical (unpaired) electrons. The molecule has 2 aromatic carbocycles. The van der Waals surface area contributed by atoms with E-state index in [0.29, 0.717) is 0 Å². The molecule has 162 valence electrons. The molecule has 1 amide bonds. The van der Waals surface area contributed by atoms with E-state index in [-0.39, 0.29) is 34.1 Å². The minimum Gasteiger partial charge on any atom is -0.495 e. The van der Waals surface area contributed by atoms with Crippen LogP contribution in [0.25, 0.3) is 0 Å². The molecule has 9 nitrogen and oxygen atoms in total. The number of nitrogens with one attached hydrogen (secondary N) is 1. The molecule has 0 aliphatic rings. The van der Waals surface area contributed by atoms with Gasteiger partial charge in [0.2, 0.25) is 10.0 Å². The van der Waals surface area contributed by atoms with Gasteiger partial charge in [-0.25, -0.2) is 17.4 Å². The summed E-state index contributed by atoms with van der Waals surface area (Å²) < 4.78 is 32.3. The van der Waals surface area contributed by atoms with Crippen LogP contribution in [-0.4, -0.2) is 49.6 Å². The molecule has 0 unspecified atom stereocenters. The number of sulfonamides is 1. The third kappa shape index (κ3) is 4.98. The summed E-state index contributed by atoms with van der Waals surface area (Å²) in [5, 5.41) is 6.76. The molecule has 0 atom stereocenters. The van der Waals surface area contributed by atoms with Crippen LogP contribution in [0.15, 0.2) is 70.4 Å². The largest absolute Gasteiger partial charge is 0.495 e. The van der Waals surface area contributed by atoms with Crippen LogP contribution in [0.4, 0.5) is 5.69 Å². The molecule has 1 heterocycles. The van der Waals surface area contributed by atoms with Gasteiger partial charge in [-0.1, -0.05) is 30.3 Å².